The quantitative estimate of drug-likeness (QED) is 0.611. The zero-order valence-corrected chi connectivity index (χ0v) is 15.8. The molecule has 23 heavy (non-hydrogen) atoms. The lowest BCUT2D eigenvalue weighted by atomic mass is 9.83. The van der Waals surface area contributed by atoms with Crippen molar-refractivity contribution >= 4 is 14.7 Å². The summed E-state index contributed by atoms with van der Waals surface area (Å²) in [5.41, 5.74) is 9.83. The fraction of sp³-hybridized carbons (Fsp3) is 0.368. The van der Waals surface area contributed by atoms with Crippen LogP contribution < -0.4 is 10.2 Å². The Bertz CT molecular complexity index is 720. The molecule has 0 aliphatic carbocycles. The molecule has 0 spiro atoms. The van der Waals surface area contributed by atoms with Crippen LogP contribution in [0.4, 0.5) is 10.1 Å². The van der Waals surface area contributed by atoms with E-state index in [1.165, 1.54) is 6.07 Å². The molecule has 2 aromatic rings. The molecular formula is C19H25FNOSi. The van der Waals surface area contributed by atoms with E-state index in [1.807, 2.05) is 19.1 Å². The van der Waals surface area contributed by atoms with Crippen LogP contribution in [0, 0.1) is 12.7 Å². The first-order chi connectivity index (χ1) is 10.6. The van der Waals surface area contributed by atoms with Crippen LogP contribution in [0.1, 0.15) is 31.9 Å². The Hall–Kier alpha value is -1.81. The van der Waals surface area contributed by atoms with E-state index in [1.54, 1.807) is 12.1 Å². The highest BCUT2D eigenvalue weighted by molar-refractivity contribution is 6.49. The van der Waals surface area contributed by atoms with Gasteiger partial charge in [0.15, 0.2) is 0 Å². The second kappa shape index (κ2) is 6.36. The number of benzene rings is 2. The van der Waals surface area contributed by atoms with Crippen LogP contribution in [0.25, 0.3) is 11.1 Å². The Morgan fingerprint density at radius 1 is 1.04 bits per heavy atom. The second-order valence-electron chi connectivity index (χ2n) is 7.11. The Labute approximate surface area is 140 Å². The highest BCUT2D eigenvalue weighted by Gasteiger charge is 2.23. The molecule has 0 saturated heterocycles. The number of halogens is 1. The van der Waals surface area contributed by atoms with E-state index in [2.05, 4.69) is 33.9 Å². The van der Waals surface area contributed by atoms with E-state index in [-0.39, 0.29) is 11.2 Å². The van der Waals surface area contributed by atoms with Gasteiger partial charge in [0.2, 0.25) is 0 Å². The Morgan fingerprint density at radius 2 is 1.70 bits per heavy atom. The molecule has 2 rings (SSSR count). The molecule has 0 atom stereocenters. The van der Waals surface area contributed by atoms with Crippen LogP contribution in [-0.2, 0) is 5.41 Å². The highest BCUT2D eigenvalue weighted by Crippen LogP contribution is 2.40. The molecule has 0 aliphatic rings. The molecule has 4 heteroatoms. The van der Waals surface area contributed by atoms with Gasteiger partial charge in [-0.05, 0) is 60.3 Å². The van der Waals surface area contributed by atoms with Gasteiger partial charge in [0.25, 0.3) is 9.04 Å². The molecule has 0 aliphatic heterocycles. The molecule has 2 N–H and O–H groups in total. The highest BCUT2D eigenvalue weighted by atomic mass is 28.3. The first-order valence-corrected chi connectivity index (χ1v) is 10.2. The van der Waals surface area contributed by atoms with Crippen molar-refractivity contribution in [1.82, 2.24) is 0 Å². The normalized spacial score (nSPS) is 11.8. The van der Waals surface area contributed by atoms with Gasteiger partial charge in [0, 0.05) is 11.3 Å². The number of anilines is 1. The van der Waals surface area contributed by atoms with Gasteiger partial charge in [0.05, 0.1) is 0 Å². The van der Waals surface area contributed by atoms with Crippen molar-refractivity contribution in [1.29, 1.82) is 0 Å². The summed E-state index contributed by atoms with van der Waals surface area (Å²) < 4.78 is 20.5. The predicted octanol–water partition coefficient (Wildman–Crippen LogP) is 5.31. The summed E-state index contributed by atoms with van der Waals surface area (Å²) in [6.07, 6.45) is 0. The summed E-state index contributed by atoms with van der Waals surface area (Å²) in [7, 11) is -0.925. The first kappa shape index (κ1) is 17.5. The summed E-state index contributed by atoms with van der Waals surface area (Å²) in [6.45, 7) is 12.7. The molecule has 0 heterocycles. The van der Waals surface area contributed by atoms with Crippen LogP contribution in [0.5, 0.6) is 5.75 Å². The molecule has 1 radical (unpaired) electrons. The van der Waals surface area contributed by atoms with E-state index in [0.717, 1.165) is 22.4 Å². The van der Waals surface area contributed by atoms with E-state index in [9.17, 15) is 4.39 Å². The average Bonchev–Trinajstić information content (AvgIpc) is 2.42. The number of nitrogens with two attached hydrogens (primary N) is 1. The van der Waals surface area contributed by atoms with Crippen LogP contribution in [0.2, 0.25) is 13.1 Å². The minimum Gasteiger partial charge on any atom is -0.542 e. The fourth-order valence-corrected chi connectivity index (χ4v) is 3.33. The summed E-state index contributed by atoms with van der Waals surface area (Å²) in [4.78, 5) is 0. The number of nitrogen functional groups attached to an aromatic ring is 1. The number of hydrogen-bond acceptors (Lipinski definition) is 2. The van der Waals surface area contributed by atoms with Gasteiger partial charge < -0.3 is 10.2 Å². The smallest absolute Gasteiger partial charge is 0.274 e. The standard InChI is InChI=1S/C19H25FNOSi/c1-12-14(15-11-13(21)7-10-17(15)20)8-9-16(19(2,3)4)18(12)22-23(5)6/h7-11H,21H2,1-6H3. The third kappa shape index (κ3) is 3.75. The van der Waals surface area contributed by atoms with Crippen LogP contribution in [0.15, 0.2) is 30.3 Å². The van der Waals surface area contributed by atoms with Crippen molar-refractivity contribution < 1.29 is 8.82 Å². The number of rotatable bonds is 3. The summed E-state index contributed by atoms with van der Waals surface area (Å²) in [5, 5.41) is 0. The maximum atomic E-state index is 14.3. The third-order valence-corrected chi connectivity index (χ3v) is 4.41. The summed E-state index contributed by atoms with van der Waals surface area (Å²) in [5.74, 6) is 0.617. The van der Waals surface area contributed by atoms with Gasteiger partial charge in [-0.15, -0.1) is 0 Å². The summed E-state index contributed by atoms with van der Waals surface area (Å²) >= 11 is 0. The number of hydrogen-bond donors (Lipinski definition) is 1. The molecule has 123 valence electrons. The maximum absolute atomic E-state index is 14.3. The van der Waals surface area contributed by atoms with Gasteiger partial charge in [-0.25, -0.2) is 4.39 Å². The fourth-order valence-electron chi connectivity index (χ4n) is 2.66. The van der Waals surface area contributed by atoms with E-state index < -0.39 is 9.04 Å². The first-order valence-electron chi connectivity index (χ1n) is 7.78. The average molecular weight is 330 g/mol. The molecule has 0 amide bonds. The molecule has 0 saturated carbocycles. The van der Waals surface area contributed by atoms with E-state index in [4.69, 9.17) is 10.2 Å². The molecule has 0 unspecified atom stereocenters. The Balaban J connectivity index is 2.70. The van der Waals surface area contributed by atoms with Crippen LogP contribution >= 0.6 is 0 Å². The lowest BCUT2D eigenvalue weighted by molar-refractivity contribution is 0.517. The van der Waals surface area contributed by atoms with Crippen LogP contribution in [0.3, 0.4) is 0 Å². The zero-order valence-electron chi connectivity index (χ0n) is 14.8. The molecule has 2 aromatic carbocycles. The Morgan fingerprint density at radius 3 is 2.26 bits per heavy atom. The van der Waals surface area contributed by atoms with Gasteiger partial charge in [-0.1, -0.05) is 32.9 Å². The topological polar surface area (TPSA) is 35.2 Å². The van der Waals surface area contributed by atoms with Gasteiger partial charge in [-0.2, -0.15) is 0 Å². The van der Waals surface area contributed by atoms with Crippen molar-refractivity contribution in [3.8, 4) is 16.9 Å². The zero-order chi connectivity index (χ0) is 17.4. The monoisotopic (exact) mass is 330 g/mol. The molecule has 0 fully saturated rings. The van der Waals surface area contributed by atoms with Gasteiger partial charge >= 0.3 is 0 Å². The molecule has 2 nitrogen and oxygen atoms in total. The van der Waals surface area contributed by atoms with Crippen molar-refractivity contribution in [3.63, 3.8) is 0 Å². The minimum absolute atomic E-state index is 0.0375. The maximum Gasteiger partial charge on any atom is 0.274 e. The van der Waals surface area contributed by atoms with E-state index >= 15 is 0 Å². The molecule has 0 bridgehead atoms. The molecular weight excluding hydrogens is 305 g/mol. The van der Waals surface area contributed by atoms with Gasteiger partial charge in [0.1, 0.15) is 11.6 Å². The van der Waals surface area contributed by atoms with Gasteiger partial charge in [-0.3, -0.25) is 0 Å². The Kier molecular flexibility index (Phi) is 4.85. The summed E-state index contributed by atoms with van der Waals surface area (Å²) in [6, 6.07) is 8.69. The van der Waals surface area contributed by atoms with Crippen molar-refractivity contribution in [3.05, 3.63) is 47.3 Å². The van der Waals surface area contributed by atoms with Crippen LogP contribution in [-0.4, -0.2) is 9.04 Å². The predicted molar refractivity (Wildman–Crippen MR) is 97.8 cm³/mol. The van der Waals surface area contributed by atoms with Crippen molar-refractivity contribution in [2.24, 2.45) is 0 Å². The minimum atomic E-state index is -0.925. The second-order valence-corrected chi connectivity index (χ2v) is 9.14. The van der Waals surface area contributed by atoms with Crippen molar-refractivity contribution in [2.75, 3.05) is 5.73 Å². The third-order valence-electron chi connectivity index (χ3n) is 3.80. The van der Waals surface area contributed by atoms with Crippen molar-refractivity contribution in [2.45, 2.75) is 46.2 Å². The lowest BCUT2D eigenvalue weighted by Gasteiger charge is -2.27. The SMILES string of the molecule is Cc1c(-c2cc(N)ccc2F)ccc(C(C)(C)C)c1O[Si](C)C. The largest absolute Gasteiger partial charge is 0.542 e. The lowest BCUT2D eigenvalue weighted by Crippen LogP contribution is -2.19. The molecule has 0 aromatic heterocycles. The van der Waals surface area contributed by atoms with E-state index in [0.29, 0.717) is 11.3 Å².